The number of aromatic nitrogens is 1. The van der Waals surface area contributed by atoms with Crippen molar-refractivity contribution in [3.63, 3.8) is 0 Å². The van der Waals surface area contributed by atoms with Crippen molar-refractivity contribution in [2.45, 2.75) is 12.8 Å². The fraction of sp³-hybridized carbons (Fsp3) is 0.200. The van der Waals surface area contributed by atoms with Crippen molar-refractivity contribution >= 4 is 39.3 Å². The molecular formula is C15H12N2O4S. The molecule has 0 spiro atoms. The van der Waals surface area contributed by atoms with Crippen molar-refractivity contribution < 1.29 is 19.5 Å². The Morgan fingerprint density at radius 1 is 1.36 bits per heavy atom. The number of fused-ring (bicyclic) bond motifs is 1. The molecule has 3 rings (SSSR count). The highest BCUT2D eigenvalue weighted by atomic mass is 32.1. The number of ketones is 1. The predicted octanol–water partition coefficient (Wildman–Crippen LogP) is 2.02. The number of carboxylic acids is 1. The second-order valence-corrected chi connectivity index (χ2v) is 5.92. The number of aromatic carboxylic acids is 1. The monoisotopic (exact) mass is 316 g/mol. The first-order chi connectivity index (χ1) is 10.4. The molecule has 1 aliphatic rings. The lowest BCUT2D eigenvalue weighted by Crippen LogP contribution is -2.38. The number of amides is 1. The van der Waals surface area contributed by atoms with E-state index in [2.05, 4.69) is 4.37 Å². The third-order valence-electron chi connectivity index (χ3n) is 3.77. The van der Waals surface area contributed by atoms with Crippen LogP contribution in [0, 0.1) is 0 Å². The summed E-state index contributed by atoms with van der Waals surface area (Å²) in [5.41, 5.74) is 1.02. The van der Waals surface area contributed by atoms with Crippen LogP contribution < -0.4 is 0 Å². The first-order valence-electron chi connectivity index (χ1n) is 6.52. The maximum Gasteiger partial charge on any atom is 0.356 e. The molecule has 1 aromatic carbocycles. The summed E-state index contributed by atoms with van der Waals surface area (Å²) in [5, 5.41) is 9.59. The maximum atomic E-state index is 12.4. The van der Waals surface area contributed by atoms with Crippen LogP contribution in [0.5, 0.6) is 0 Å². The van der Waals surface area contributed by atoms with Crippen molar-refractivity contribution in [2.24, 2.45) is 0 Å². The number of benzene rings is 1. The third-order valence-corrected chi connectivity index (χ3v) is 4.60. The minimum Gasteiger partial charge on any atom is -0.476 e. The van der Waals surface area contributed by atoms with E-state index >= 15 is 0 Å². The van der Waals surface area contributed by atoms with Crippen LogP contribution in [0.2, 0.25) is 0 Å². The van der Waals surface area contributed by atoms with Crippen molar-refractivity contribution in [3.05, 3.63) is 41.2 Å². The first kappa shape index (κ1) is 14.4. The van der Waals surface area contributed by atoms with Gasteiger partial charge in [0, 0.05) is 24.2 Å². The number of allylic oxidation sites excluding steroid dienone is 2. The molecule has 112 valence electrons. The topological polar surface area (TPSA) is 87.6 Å². The second-order valence-electron chi connectivity index (χ2n) is 5.11. The SMILES string of the molecule is CC1=CC(=O)C(c2ccc3snc(C(=O)O)c3c2)C(=O)N1C. The summed E-state index contributed by atoms with van der Waals surface area (Å²) in [6.07, 6.45) is 1.43. The van der Waals surface area contributed by atoms with Crippen molar-refractivity contribution in [1.29, 1.82) is 0 Å². The van der Waals surface area contributed by atoms with Crippen LogP contribution in [0.3, 0.4) is 0 Å². The van der Waals surface area contributed by atoms with E-state index in [1.165, 1.54) is 11.0 Å². The van der Waals surface area contributed by atoms with Gasteiger partial charge in [-0.05, 0) is 36.2 Å². The van der Waals surface area contributed by atoms with Gasteiger partial charge in [-0.15, -0.1) is 0 Å². The van der Waals surface area contributed by atoms with Gasteiger partial charge in [0.05, 0.1) is 4.70 Å². The summed E-state index contributed by atoms with van der Waals surface area (Å²) in [7, 11) is 1.61. The average Bonchev–Trinajstić information content (AvgIpc) is 2.88. The Hall–Kier alpha value is -2.54. The van der Waals surface area contributed by atoms with Crippen molar-refractivity contribution in [2.75, 3.05) is 7.05 Å². The lowest BCUT2D eigenvalue weighted by molar-refractivity contribution is -0.135. The molecule has 2 heterocycles. The van der Waals surface area contributed by atoms with Crippen LogP contribution in [0.15, 0.2) is 30.0 Å². The van der Waals surface area contributed by atoms with Gasteiger partial charge in [-0.25, -0.2) is 4.79 Å². The normalized spacial score (nSPS) is 18.7. The molecule has 2 aromatic rings. The maximum absolute atomic E-state index is 12.4. The van der Waals surface area contributed by atoms with Crippen molar-refractivity contribution in [3.8, 4) is 0 Å². The summed E-state index contributed by atoms with van der Waals surface area (Å²) in [6, 6.07) is 4.94. The van der Waals surface area contributed by atoms with E-state index < -0.39 is 11.9 Å². The molecule has 0 aliphatic carbocycles. The molecule has 1 amide bonds. The van der Waals surface area contributed by atoms with E-state index in [-0.39, 0.29) is 17.4 Å². The van der Waals surface area contributed by atoms with Gasteiger partial charge in [0.2, 0.25) is 5.91 Å². The lowest BCUT2D eigenvalue weighted by atomic mass is 9.89. The number of nitrogens with zero attached hydrogens (tertiary/aromatic N) is 2. The Balaban J connectivity index is 2.14. The summed E-state index contributed by atoms with van der Waals surface area (Å²) in [4.78, 5) is 37.2. The zero-order valence-electron chi connectivity index (χ0n) is 11.9. The Morgan fingerprint density at radius 3 is 2.77 bits per heavy atom. The Bertz CT molecular complexity index is 852. The molecule has 0 radical (unpaired) electrons. The minimum atomic E-state index is -1.13. The molecule has 1 aliphatic heterocycles. The van der Waals surface area contributed by atoms with Gasteiger partial charge in [0.15, 0.2) is 11.5 Å². The molecular weight excluding hydrogens is 304 g/mol. The van der Waals surface area contributed by atoms with E-state index in [4.69, 9.17) is 5.11 Å². The number of carbonyl (C=O) groups is 3. The predicted molar refractivity (Wildman–Crippen MR) is 80.9 cm³/mol. The number of hydrogen-bond acceptors (Lipinski definition) is 5. The largest absolute Gasteiger partial charge is 0.476 e. The number of rotatable bonds is 2. The van der Waals surface area contributed by atoms with Crippen LogP contribution >= 0.6 is 11.5 Å². The molecule has 6 nitrogen and oxygen atoms in total. The fourth-order valence-corrected chi connectivity index (χ4v) is 3.22. The summed E-state index contributed by atoms with van der Waals surface area (Å²) >= 11 is 1.08. The summed E-state index contributed by atoms with van der Waals surface area (Å²) in [5.74, 6) is -2.67. The van der Waals surface area contributed by atoms with E-state index in [1.807, 2.05) is 0 Å². The molecule has 1 unspecified atom stereocenters. The van der Waals surface area contributed by atoms with Gasteiger partial charge in [-0.2, -0.15) is 4.37 Å². The molecule has 1 N–H and O–H groups in total. The average molecular weight is 316 g/mol. The van der Waals surface area contributed by atoms with E-state index in [9.17, 15) is 14.4 Å². The fourth-order valence-electron chi connectivity index (χ4n) is 2.47. The van der Waals surface area contributed by atoms with E-state index in [0.29, 0.717) is 21.3 Å². The molecule has 22 heavy (non-hydrogen) atoms. The summed E-state index contributed by atoms with van der Waals surface area (Å²) in [6.45, 7) is 1.69. The molecule has 0 bridgehead atoms. The van der Waals surface area contributed by atoms with Crippen LogP contribution in [0.4, 0.5) is 0 Å². The van der Waals surface area contributed by atoms with Gasteiger partial charge in [-0.1, -0.05) is 6.07 Å². The summed E-state index contributed by atoms with van der Waals surface area (Å²) < 4.78 is 4.60. The standard InChI is InChI=1S/C15H12N2O4S/c1-7-5-10(18)12(14(19)17(7)2)8-3-4-11-9(6-8)13(15(20)21)16-22-11/h3-6,12H,1-2H3,(H,20,21). The van der Waals surface area contributed by atoms with E-state index in [0.717, 1.165) is 11.5 Å². The Labute approximate surface area is 129 Å². The highest BCUT2D eigenvalue weighted by Crippen LogP contribution is 2.31. The molecule has 0 saturated heterocycles. The van der Waals surface area contributed by atoms with E-state index in [1.54, 1.807) is 32.2 Å². The number of carbonyl (C=O) groups excluding carboxylic acids is 2. The Kier molecular flexibility index (Phi) is 3.29. The van der Waals surface area contributed by atoms with Crippen molar-refractivity contribution in [1.82, 2.24) is 9.27 Å². The number of carboxylic acid groups (broad SMARTS) is 1. The zero-order chi connectivity index (χ0) is 16.0. The van der Waals surface area contributed by atoms with Crippen LogP contribution in [-0.2, 0) is 9.59 Å². The van der Waals surface area contributed by atoms with Gasteiger partial charge >= 0.3 is 5.97 Å². The number of likely N-dealkylation sites (N-methyl/N-ethyl adjacent to an activating group) is 1. The minimum absolute atomic E-state index is 0.0577. The van der Waals surface area contributed by atoms with Crippen LogP contribution in [0.1, 0.15) is 28.9 Å². The quantitative estimate of drug-likeness (QED) is 0.856. The second kappa shape index (κ2) is 5.03. The van der Waals surface area contributed by atoms with Gasteiger partial charge in [-0.3, -0.25) is 9.59 Å². The zero-order valence-corrected chi connectivity index (χ0v) is 12.7. The molecule has 7 heteroatoms. The lowest BCUT2D eigenvalue weighted by Gasteiger charge is -2.27. The molecule has 1 aromatic heterocycles. The van der Waals surface area contributed by atoms with Gasteiger partial charge in [0.1, 0.15) is 5.92 Å². The van der Waals surface area contributed by atoms with Gasteiger partial charge in [0.25, 0.3) is 0 Å². The van der Waals surface area contributed by atoms with Gasteiger partial charge < -0.3 is 10.0 Å². The first-order valence-corrected chi connectivity index (χ1v) is 7.30. The highest BCUT2D eigenvalue weighted by Gasteiger charge is 2.34. The third kappa shape index (κ3) is 2.10. The Morgan fingerprint density at radius 2 is 2.09 bits per heavy atom. The van der Waals surface area contributed by atoms with Crippen LogP contribution in [0.25, 0.3) is 10.1 Å². The molecule has 1 atom stereocenters. The highest BCUT2D eigenvalue weighted by molar-refractivity contribution is 7.13. The van der Waals surface area contributed by atoms with Crippen LogP contribution in [-0.4, -0.2) is 39.1 Å². The molecule has 0 fully saturated rings. The number of hydrogen-bond donors (Lipinski definition) is 1. The smallest absolute Gasteiger partial charge is 0.356 e. The molecule has 0 saturated carbocycles.